The summed E-state index contributed by atoms with van der Waals surface area (Å²) in [6, 6.07) is 10.4. The summed E-state index contributed by atoms with van der Waals surface area (Å²) in [6.07, 6.45) is 0. The standard InChI is InChI=1S/C26H25FN2O2S/c1-14(2)24-28-25-23(20(13-32-25)19-8-6-15(3)10-16(19)4)26(31)29(24)12-22(30)18-7-9-21(27)17(5)11-18/h6-11,13-14H,12H2,1-5H3. The molecule has 0 aliphatic rings. The predicted octanol–water partition coefficient (Wildman–Crippen LogP) is 6.20. The molecule has 0 bridgehead atoms. The molecule has 0 aliphatic heterocycles. The van der Waals surface area contributed by atoms with Crippen LogP contribution in [0.4, 0.5) is 4.39 Å². The molecule has 0 N–H and O–H groups in total. The van der Waals surface area contributed by atoms with Crippen molar-refractivity contribution in [3.8, 4) is 11.1 Å². The number of aromatic nitrogens is 2. The highest BCUT2D eigenvalue weighted by Gasteiger charge is 2.21. The second kappa shape index (κ2) is 8.43. The van der Waals surface area contributed by atoms with E-state index in [1.54, 1.807) is 6.92 Å². The van der Waals surface area contributed by atoms with Gasteiger partial charge in [0.15, 0.2) is 5.78 Å². The van der Waals surface area contributed by atoms with Crippen LogP contribution in [0.25, 0.3) is 21.3 Å². The molecule has 4 nitrogen and oxygen atoms in total. The number of fused-ring (bicyclic) bond motifs is 1. The maximum absolute atomic E-state index is 13.7. The molecule has 0 unspecified atom stereocenters. The molecule has 4 rings (SSSR count). The van der Waals surface area contributed by atoms with Crippen LogP contribution in [-0.4, -0.2) is 15.3 Å². The molecular weight excluding hydrogens is 423 g/mol. The SMILES string of the molecule is Cc1ccc(-c2csc3nc(C(C)C)n(CC(=O)c4ccc(F)c(C)c4)c(=O)c23)c(C)c1. The Morgan fingerprint density at radius 1 is 1.06 bits per heavy atom. The smallest absolute Gasteiger partial charge is 0.263 e. The van der Waals surface area contributed by atoms with Gasteiger partial charge in [0.25, 0.3) is 5.56 Å². The van der Waals surface area contributed by atoms with Gasteiger partial charge in [0, 0.05) is 22.4 Å². The van der Waals surface area contributed by atoms with E-state index in [4.69, 9.17) is 4.98 Å². The van der Waals surface area contributed by atoms with Crippen LogP contribution in [-0.2, 0) is 6.54 Å². The van der Waals surface area contributed by atoms with Crippen molar-refractivity contribution in [2.75, 3.05) is 0 Å². The number of benzene rings is 2. The van der Waals surface area contributed by atoms with Gasteiger partial charge in [-0.1, -0.05) is 37.6 Å². The fourth-order valence-corrected chi connectivity index (χ4v) is 4.94. The van der Waals surface area contributed by atoms with Gasteiger partial charge >= 0.3 is 0 Å². The maximum Gasteiger partial charge on any atom is 0.263 e. The average molecular weight is 449 g/mol. The van der Waals surface area contributed by atoms with E-state index in [-0.39, 0.29) is 29.6 Å². The minimum absolute atomic E-state index is 0.0403. The van der Waals surface area contributed by atoms with E-state index in [1.165, 1.54) is 34.1 Å². The second-order valence-electron chi connectivity index (χ2n) is 8.55. The third-order valence-electron chi connectivity index (χ3n) is 5.69. The van der Waals surface area contributed by atoms with Gasteiger partial charge in [-0.3, -0.25) is 14.2 Å². The number of aryl methyl sites for hydroxylation is 3. The van der Waals surface area contributed by atoms with Crippen molar-refractivity contribution in [3.63, 3.8) is 0 Å². The van der Waals surface area contributed by atoms with Crippen molar-refractivity contribution in [2.24, 2.45) is 0 Å². The van der Waals surface area contributed by atoms with Crippen LogP contribution >= 0.6 is 11.3 Å². The van der Waals surface area contributed by atoms with Crippen molar-refractivity contribution in [3.05, 3.63) is 86.0 Å². The van der Waals surface area contributed by atoms with Crippen LogP contribution in [0, 0.1) is 26.6 Å². The molecule has 0 amide bonds. The topological polar surface area (TPSA) is 52.0 Å². The molecule has 164 valence electrons. The van der Waals surface area contributed by atoms with E-state index >= 15 is 0 Å². The number of Topliss-reactive ketones (excluding diaryl/α,β-unsaturated/α-hetero) is 1. The highest BCUT2D eigenvalue weighted by atomic mass is 32.1. The number of hydrogen-bond acceptors (Lipinski definition) is 4. The summed E-state index contributed by atoms with van der Waals surface area (Å²) >= 11 is 1.44. The monoisotopic (exact) mass is 448 g/mol. The maximum atomic E-state index is 13.7. The summed E-state index contributed by atoms with van der Waals surface area (Å²) in [7, 11) is 0. The average Bonchev–Trinajstić information content (AvgIpc) is 3.15. The van der Waals surface area contributed by atoms with Gasteiger partial charge in [0.2, 0.25) is 0 Å². The third-order valence-corrected chi connectivity index (χ3v) is 6.57. The Bertz CT molecular complexity index is 1420. The normalized spacial score (nSPS) is 11.5. The number of hydrogen-bond donors (Lipinski definition) is 0. The summed E-state index contributed by atoms with van der Waals surface area (Å²) in [5.74, 6) is -0.0761. The van der Waals surface area contributed by atoms with Gasteiger partial charge in [-0.2, -0.15) is 0 Å². The molecule has 0 aliphatic carbocycles. The van der Waals surface area contributed by atoms with Crippen LogP contribution < -0.4 is 5.56 Å². The minimum Gasteiger partial charge on any atom is -0.292 e. The zero-order valence-electron chi connectivity index (χ0n) is 18.8. The van der Waals surface area contributed by atoms with E-state index in [0.29, 0.717) is 27.2 Å². The zero-order chi connectivity index (χ0) is 23.2. The predicted molar refractivity (Wildman–Crippen MR) is 128 cm³/mol. The molecule has 32 heavy (non-hydrogen) atoms. The number of ketones is 1. The fourth-order valence-electron chi connectivity index (χ4n) is 4.00. The molecule has 0 spiro atoms. The molecule has 2 aromatic heterocycles. The van der Waals surface area contributed by atoms with E-state index < -0.39 is 0 Å². The third kappa shape index (κ3) is 3.91. The van der Waals surface area contributed by atoms with Crippen molar-refractivity contribution in [1.82, 2.24) is 9.55 Å². The molecule has 4 aromatic rings. The lowest BCUT2D eigenvalue weighted by Crippen LogP contribution is -2.29. The van der Waals surface area contributed by atoms with Gasteiger partial charge < -0.3 is 0 Å². The first-order valence-corrected chi connectivity index (χ1v) is 11.4. The Hall–Kier alpha value is -3.12. The number of carbonyl (C=O) groups is 1. The lowest BCUT2D eigenvalue weighted by atomic mass is 9.99. The quantitative estimate of drug-likeness (QED) is 0.342. The second-order valence-corrected chi connectivity index (χ2v) is 9.41. The fraction of sp³-hybridized carbons (Fsp3) is 0.269. The molecule has 0 fully saturated rings. The van der Waals surface area contributed by atoms with Gasteiger partial charge in [-0.25, -0.2) is 9.37 Å². The first-order valence-electron chi connectivity index (χ1n) is 10.6. The van der Waals surface area contributed by atoms with E-state index in [1.807, 2.05) is 45.2 Å². The van der Waals surface area contributed by atoms with Gasteiger partial charge in [0.1, 0.15) is 16.5 Å². The van der Waals surface area contributed by atoms with Gasteiger partial charge in [0.05, 0.1) is 11.9 Å². The van der Waals surface area contributed by atoms with Crippen molar-refractivity contribution < 1.29 is 9.18 Å². The summed E-state index contributed by atoms with van der Waals surface area (Å²) in [5.41, 5.74) is 4.63. The van der Waals surface area contributed by atoms with Crippen LogP contribution in [0.3, 0.4) is 0 Å². The number of nitrogens with zero attached hydrogens (tertiary/aromatic N) is 2. The lowest BCUT2D eigenvalue weighted by molar-refractivity contribution is 0.0969. The van der Waals surface area contributed by atoms with E-state index in [0.717, 1.165) is 22.3 Å². The molecule has 6 heteroatoms. The number of carbonyl (C=O) groups excluding carboxylic acids is 1. The van der Waals surface area contributed by atoms with Gasteiger partial charge in [-0.05, 0) is 55.7 Å². The number of rotatable bonds is 5. The highest BCUT2D eigenvalue weighted by molar-refractivity contribution is 7.17. The Balaban J connectivity index is 1.88. The Labute approximate surface area is 190 Å². The van der Waals surface area contributed by atoms with E-state index in [9.17, 15) is 14.0 Å². The number of halogens is 1. The molecular formula is C26H25FN2O2S. The van der Waals surface area contributed by atoms with Crippen LogP contribution in [0.15, 0.2) is 46.6 Å². The molecule has 2 aromatic carbocycles. The zero-order valence-corrected chi connectivity index (χ0v) is 19.6. The summed E-state index contributed by atoms with van der Waals surface area (Å²) < 4.78 is 15.1. The lowest BCUT2D eigenvalue weighted by Gasteiger charge is -2.15. The van der Waals surface area contributed by atoms with Crippen molar-refractivity contribution in [2.45, 2.75) is 47.1 Å². The Morgan fingerprint density at radius 2 is 1.81 bits per heavy atom. The van der Waals surface area contributed by atoms with E-state index in [2.05, 4.69) is 6.07 Å². The van der Waals surface area contributed by atoms with Crippen molar-refractivity contribution in [1.29, 1.82) is 0 Å². The van der Waals surface area contributed by atoms with Crippen LogP contribution in [0.2, 0.25) is 0 Å². The first-order chi connectivity index (χ1) is 15.2. The number of thiophene rings is 1. The molecule has 0 saturated carbocycles. The first kappa shape index (κ1) is 22.1. The van der Waals surface area contributed by atoms with Gasteiger partial charge in [-0.15, -0.1) is 11.3 Å². The summed E-state index contributed by atoms with van der Waals surface area (Å²) in [4.78, 5) is 32.2. The Kier molecular flexibility index (Phi) is 5.82. The minimum atomic E-state index is -0.360. The molecule has 2 heterocycles. The summed E-state index contributed by atoms with van der Waals surface area (Å²) in [6.45, 7) is 9.45. The Morgan fingerprint density at radius 3 is 2.47 bits per heavy atom. The summed E-state index contributed by atoms with van der Waals surface area (Å²) in [5, 5.41) is 2.51. The van der Waals surface area contributed by atoms with Crippen molar-refractivity contribution >= 4 is 27.3 Å². The highest BCUT2D eigenvalue weighted by Crippen LogP contribution is 2.34. The molecule has 0 radical (unpaired) electrons. The molecule has 0 atom stereocenters. The largest absolute Gasteiger partial charge is 0.292 e. The molecule has 0 saturated heterocycles. The van der Waals surface area contributed by atoms with Crippen LogP contribution in [0.1, 0.15) is 52.6 Å². The van der Waals surface area contributed by atoms with Crippen LogP contribution in [0.5, 0.6) is 0 Å².